The quantitative estimate of drug-likeness (QED) is 0.862. The molecule has 1 spiro atoms. The Hall–Kier alpha value is -0.120. The molecule has 122 valence electrons. The Bertz CT molecular complexity index is 321. The van der Waals surface area contributed by atoms with E-state index >= 15 is 0 Å². The van der Waals surface area contributed by atoms with Crippen LogP contribution in [0, 0.1) is 5.92 Å². The molecule has 3 fully saturated rings. The van der Waals surface area contributed by atoms with Gasteiger partial charge in [0.1, 0.15) is 0 Å². The largest absolute Gasteiger partial charge is 0.377 e. The first-order chi connectivity index (χ1) is 10.2. The second-order valence-corrected chi connectivity index (χ2v) is 7.74. The lowest BCUT2D eigenvalue weighted by molar-refractivity contribution is -0.00602. The van der Waals surface area contributed by atoms with Crippen LogP contribution in [0.2, 0.25) is 0 Å². The number of hydrogen-bond acceptors (Lipinski definition) is 3. The normalized spacial score (nSPS) is 35.1. The van der Waals surface area contributed by atoms with Gasteiger partial charge in [-0.1, -0.05) is 39.5 Å². The minimum absolute atomic E-state index is 0.417. The van der Waals surface area contributed by atoms with Gasteiger partial charge in [0.15, 0.2) is 0 Å². The third-order valence-electron chi connectivity index (χ3n) is 6.23. The summed E-state index contributed by atoms with van der Waals surface area (Å²) in [5.41, 5.74) is 0.417. The van der Waals surface area contributed by atoms with E-state index in [1.165, 1.54) is 71.0 Å². The molecule has 0 aromatic rings. The van der Waals surface area contributed by atoms with Crippen LogP contribution in [0.1, 0.15) is 65.2 Å². The molecule has 0 amide bonds. The van der Waals surface area contributed by atoms with Gasteiger partial charge in [-0.05, 0) is 31.6 Å². The molecule has 21 heavy (non-hydrogen) atoms. The first kappa shape index (κ1) is 15.8. The maximum Gasteiger partial charge on any atom is 0.0702 e. The first-order valence-corrected chi connectivity index (χ1v) is 9.33. The Labute approximate surface area is 130 Å². The second kappa shape index (κ2) is 6.97. The highest BCUT2D eigenvalue weighted by atomic mass is 16.5. The fourth-order valence-corrected chi connectivity index (χ4v) is 4.66. The number of hydrogen-bond donors (Lipinski definition) is 1. The molecule has 2 heterocycles. The van der Waals surface area contributed by atoms with Crippen LogP contribution in [-0.4, -0.2) is 48.8 Å². The van der Waals surface area contributed by atoms with Gasteiger partial charge in [-0.2, -0.15) is 0 Å². The van der Waals surface area contributed by atoms with Crippen molar-refractivity contribution in [1.82, 2.24) is 10.2 Å². The zero-order valence-electron chi connectivity index (χ0n) is 14.1. The minimum Gasteiger partial charge on any atom is -0.377 e. The van der Waals surface area contributed by atoms with Gasteiger partial charge >= 0.3 is 0 Å². The van der Waals surface area contributed by atoms with Gasteiger partial charge in [0.25, 0.3) is 0 Å². The molecular formula is C18H34N2O. The van der Waals surface area contributed by atoms with Gasteiger partial charge in [0.05, 0.1) is 6.10 Å². The smallest absolute Gasteiger partial charge is 0.0702 e. The average Bonchev–Trinajstić information content (AvgIpc) is 3.00. The van der Waals surface area contributed by atoms with Crippen LogP contribution in [0.5, 0.6) is 0 Å². The van der Waals surface area contributed by atoms with Gasteiger partial charge < -0.3 is 10.1 Å². The Morgan fingerprint density at radius 1 is 1.24 bits per heavy atom. The van der Waals surface area contributed by atoms with E-state index in [9.17, 15) is 0 Å². The summed E-state index contributed by atoms with van der Waals surface area (Å²) in [7, 11) is 0. The maximum absolute atomic E-state index is 5.93. The molecule has 3 heteroatoms. The van der Waals surface area contributed by atoms with E-state index in [0.29, 0.717) is 17.7 Å². The molecule has 0 radical (unpaired) electrons. The number of rotatable bonds is 4. The SMILES string of the molecule is CCC(C)C1CNC2(CCCCC2)CN1CC1CCCO1. The lowest BCUT2D eigenvalue weighted by Gasteiger charge is -2.51. The first-order valence-electron chi connectivity index (χ1n) is 9.33. The molecule has 2 saturated heterocycles. The number of nitrogens with one attached hydrogen (secondary N) is 1. The van der Waals surface area contributed by atoms with E-state index in [-0.39, 0.29) is 0 Å². The van der Waals surface area contributed by atoms with Crippen molar-refractivity contribution < 1.29 is 4.74 Å². The van der Waals surface area contributed by atoms with Crippen LogP contribution in [-0.2, 0) is 4.74 Å². The van der Waals surface area contributed by atoms with Crippen molar-refractivity contribution in [3.05, 3.63) is 0 Å². The van der Waals surface area contributed by atoms with Crippen molar-refractivity contribution in [2.45, 2.75) is 82.9 Å². The topological polar surface area (TPSA) is 24.5 Å². The summed E-state index contributed by atoms with van der Waals surface area (Å²) in [6, 6.07) is 0.701. The number of ether oxygens (including phenoxy) is 1. The molecule has 3 atom stereocenters. The van der Waals surface area contributed by atoms with Crippen LogP contribution < -0.4 is 5.32 Å². The van der Waals surface area contributed by atoms with Crippen molar-refractivity contribution in [2.75, 3.05) is 26.2 Å². The van der Waals surface area contributed by atoms with Crippen molar-refractivity contribution >= 4 is 0 Å². The molecule has 0 aromatic heterocycles. The van der Waals surface area contributed by atoms with Gasteiger partial charge in [0, 0.05) is 37.8 Å². The van der Waals surface area contributed by atoms with Gasteiger partial charge in [-0.15, -0.1) is 0 Å². The monoisotopic (exact) mass is 294 g/mol. The molecule has 3 rings (SSSR count). The van der Waals surface area contributed by atoms with E-state index in [2.05, 4.69) is 24.1 Å². The lowest BCUT2D eigenvalue weighted by atomic mass is 9.78. The highest BCUT2D eigenvalue weighted by Gasteiger charge is 2.41. The molecule has 0 aromatic carbocycles. The van der Waals surface area contributed by atoms with Crippen molar-refractivity contribution in [3.63, 3.8) is 0 Å². The summed E-state index contributed by atoms with van der Waals surface area (Å²) in [6.07, 6.45) is 11.3. The summed E-state index contributed by atoms with van der Waals surface area (Å²) in [5.74, 6) is 0.778. The predicted octanol–water partition coefficient (Wildman–Crippen LogP) is 3.19. The molecule has 1 N–H and O–H groups in total. The summed E-state index contributed by atoms with van der Waals surface area (Å²) < 4.78 is 5.93. The molecular weight excluding hydrogens is 260 g/mol. The molecule has 1 aliphatic carbocycles. The highest BCUT2D eigenvalue weighted by molar-refractivity contribution is 5.01. The van der Waals surface area contributed by atoms with Crippen LogP contribution in [0.4, 0.5) is 0 Å². The summed E-state index contributed by atoms with van der Waals surface area (Å²) >= 11 is 0. The lowest BCUT2D eigenvalue weighted by Crippen LogP contribution is -2.66. The Morgan fingerprint density at radius 3 is 2.71 bits per heavy atom. The highest BCUT2D eigenvalue weighted by Crippen LogP contribution is 2.34. The van der Waals surface area contributed by atoms with Gasteiger partial charge in [-0.3, -0.25) is 4.90 Å². The Morgan fingerprint density at radius 2 is 2.05 bits per heavy atom. The third kappa shape index (κ3) is 3.62. The second-order valence-electron chi connectivity index (χ2n) is 7.74. The molecule has 3 nitrogen and oxygen atoms in total. The molecule has 1 saturated carbocycles. The van der Waals surface area contributed by atoms with Crippen molar-refractivity contribution in [3.8, 4) is 0 Å². The summed E-state index contributed by atoms with van der Waals surface area (Å²) in [4.78, 5) is 2.80. The van der Waals surface area contributed by atoms with Crippen LogP contribution in [0.25, 0.3) is 0 Å². The van der Waals surface area contributed by atoms with E-state index in [4.69, 9.17) is 4.74 Å². The van der Waals surface area contributed by atoms with E-state index in [1.807, 2.05) is 0 Å². The van der Waals surface area contributed by atoms with Crippen molar-refractivity contribution in [2.24, 2.45) is 5.92 Å². The average molecular weight is 294 g/mol. The fourth-order valence-electron chi connectivity index (χ4n) is 4.66. The molecule has 3 unspecified atom stereocenters. The summed E-state index contributed by atoms with van der Waals surface area (Å²) in [5, 5.41) is 3.97. The van der Waals surface area contributed by atoms with Crippen molar-refractivity contribution in [1.29, 1.82) is 0 Å². The molecule has 3 aliphatic rings. The molecule has 2 aliphatic heterocycles. The number of nitrogens with zero attached hydrogens (tertiary/aromatic N) is 1. The zero-order valence-corrected chi connectivity index (χ0v) is 14.1. The third-order valence-corrected chi connectivity index (χ3v) is 6.23. The van der Waals surface area contributed by atoms with E-state index in [1.54, 1.807) is 0 Å². The minimum atomic E-state index is 0.417. The van der Waals surface area contributed by atoms with Crippen LogP contribution >= 0.6 is 0 Å². The fraction of sp³-hybridized carbons (Fsp3) is 1.00. The molecule has 0 bridgehead atoms. The van der Waals surface area contributed by atoms with E-state index in [0.717, 1.165) is 12.5 Å². The van der Waals surface area contributed by atoms with Gasteiger partial charge in [0.2, 0.25) is 0 Å². The standard InChI is InChI=1S/C18H34N2O/c1-3-15(2)17-12-19-18(9-5-4-6-10-18)14-20(17)13-16-8-7-11-21-16/h15-17,19H,3-14H2,1-2H3. The van der Waals surface area contributed by atoms with Gasteiger partial charge in [-0.25, -0.2) is 0 Å². The maximum atomic E-state index is 5.93. The zero-order chi connectivity index (χ0) is 14.7. The summed E-state index contributed by atoms with van der Waals surface area (Å²) in [6.45, 7) is 9.34. The Kier molecular flexibility index (Phi) is 5.23. The number of piperazine rings is 1. The Balaban J connectivity index is 1.67. The van der Waals surface area contributed by atoms with Crippen LogP contribution in [0.15, 0.2) is 0 Å². The predicted molar refractivity (Wildman–Crippen MR) is 87.6 cm³/mol. The van der Waals surface area contributed by atoms with Crippen LogP contribution in [0.3, 0.4) is 0 Å². The van der Waals surface area contributed by atoms with E-state index < -0.39 is 0 Å².